The molecule has 0 radical (unpaired) electrons. The van der Waals surface area contributed by atoms with E-state index in [2.05, 4.69) is 82.4 Å². The van der Waals surface area contributed by atoms with Crippen molar-refractivity contribution in [3.05, 3.63) is 64.7 Å². The number of fused-ring (bicyclic) bond motifs is 1. The first kappa shape index (κ1) is 16.0. The van der Waals surface area contributed by atoms with E-state index >= 15 is 0 Å². The number of benzene rings is 2. The zero-order valence-corrected chi connectivity index (χ0v) is 15.0. The Morgan fingerprint density at radius 2 is 1.74 bits per heavy atom. The highest BCUT2D eigenvalue weighted by atomic mass is 14.9. The summed E-state index contributed by atoms with van der Waals surface area (Å²) in [7, 11) is 0. The summed E-state index contributed by atoms with van der Waals surface area (Å²) in [6.45, 7) is 12.0. The average molecular weight is 305 g/mol. The fourth-order valence-corrected chi connectivity index (χ4v) is 3.27. The van der Waals surface area contributed by atoms with Crippen LogP contribution < -0.4 is 5.32 Å². The monoisotopic (exact) mass is 305 g/mol. The lowest BCUT2D eigenvalue weighted by atomic mass is 9.91. The minimum absolute atomic E-state index is 0.113. The van der Waals surface area contributed by atoms with E-state index in [9.17, 15) is 0 Å². The molecule has 0 atom stereocenters. The van der Waals surface area contributed by atoms with Gasteiger partial charge in [-0.1, -0.05) is 48.0 Å². The lowest BCUT2D eigenvalue weighted by Crippen LogP contribution is -2.35. The average Bonchev–Trinajstić information content (AvgIpc) is 2.83. The molecule has 1 aliphatic rings. The first-order valence-electron chi connectivity index (χ1n) is 8.50. The van der Waals surface area contributed by atoms with Crippen molar-refractivity contribution in [1.82, 2.24) is 5.32 Å². The molecule has 0 amide bonds. The Morgan fingerprint density at radius 3 is 2.39 bits per heavy atom. The summed E-state index contributed by atoms with van der Waals surface area (Å²) in [5.41, 5.74) is 7.29. The Bertz CT molecular complexity index is 800. The quantitative estimate of drug-likeness (QED) is 0.750. The molecule has 1 nitrogen and oxygen atoms in total. The van der Waals surface area contributed by atoms with Crippen LogP contribution in [0.15, 0.2) is 53.6 Å². The summed E-state index contributed by atoms with van der Waals surface area (Å²) in [4.78, 5) is 0. The minimum atomic E-state index is 0.113. The second kappa shape index (κ2) is 5.98. The predicted molar refractivity (Wildman–Crippen MR) is 102 cm³/mol. The third kappa shape index (κ3) is 3.25. The van der Waals surface area contributed by atoms with Gasteiger partial charge in [0.1, 0.15) is 0 Å². The summed E-state index contributed by atoms with van der Waals surface area (Å²) in [6.07, 6.45) is 3.40. The summed E-state index contributed by atoms with van der Waals surface area (Å²) in [5.74, 6) is 0. The smallest absolute Gasteiger partial charge is 0.0222 e. The third-order valence-corrected chi connectivity index (χ3v) is 4.82. The molecular weight excluding hydrogens is 278 g/mol. The fourth-order valence-electron chi connectivity index (χ4n) is 3.27. The van der Waals surface area contributed by atoms with Gasteiger partial charge in [-0.15, -0.1) is 0 Å². The van der Waals surface area contributed by atoms with Crippen molar-refractivity contribution in [1.29, 1.82) is 0 Å². The second-order valence-electron chi connectivity index (χ2n) is 7.61. The number of hydrogen-bond donors (Lipinski definition) is 1. The van der Waals surface area contributed by atoms with Crippen LogP contribution in [0.1, 0.15) is 52.2 Å². The van der Waals surface area contributed by atoms with Crippen LogP contribution >= 0.6 is 0 Å². The summed E-state index contributed by atoms with van der Waals surface area (Å²) >= 11 is 0. The molecule has 0 aromatic heterocycles. The van der Waals surface area contributed by atoms with Crippen LogP contribution in [-0.4, -0.2) is 5.54 Å². The molecule has 1 N–H and O–H groups in total. The maximum absolute atomic E-state index is 3.68. The van der Waals surface area contributed by atoms with Gasteiger partial charge in [0.2, 0.25) is 0 Å². The SMILES string of the molecule is CC1=CCC(c2ccc3ccccc3c2CNC(C)(C)C)=C1C. The Labute approximate surface area is 140 Å². The van der Waals surface area contributed by atoms with Gasteiger partial charge in [-0.2, -0.15) is 0 Å². The van der Waals surface area contributed by atoms with Crippen molar-refractivity contribution < 1.29 is 0 Å². The van der Waals surface area contributed by atoms with Gasteiger partial charge in [-0.05, 0) is 74.1 Å². The lowest BCUT2D eigenvalue weighted by Gasteiger charge is -2.23. The number of rotatable bonds is 3. The van der Waals surface area contributed by atoms with E-state index in [-0.39, 0.29) is 5.54 Å². The van der Waals surface area contributed by atoms with E-state index in [1.54, 1.807) is 0 Å². The Balaban J connectivity index is 2.14. The van der Waals surface area contributed by atoms with Crippen molar-refractivity contribution in [3.8, 4) is 0 Å². The van der Waals surface area contributed by atoms with Gasteiger partial charge in [0, 0.05) is 12.1 Å². The maximum atomic E-state index is 3.68. The highest BCUT2D eigenvalue weighted by molar-refractivity contribution is 5.92. The summed E-state index contributed by atoms with van der Waals surface area (Å²) in [5, 5.41) is 6.37. The van der Waals surface area contributed by atoms with E-state index in [0.29, 0.717) is 0 Å². The Kier molecular flexibility index (Phi) is 4.16. The van der Waals surface area contributed by atoms with Crippen molar-refractivity contribution in [2.75, 3.05) is 0 Å². The van der Waals surface area contributed by atoms with Crippen molar-refractivity contribution >= 4 is 16.3 Å². The molecule has 2 aromatic carbocycles. The highest BCUT2D eigenvalue weighted by Gasteiger charge is 2.18. The predicted octanol–water partition coefficient (Wildman–Crippen LogP) is 5.85. The molecule has 0 unspecified atom stereocenters. The summed E-state index contributed by atoms with van der Waals surface area (Å²) < 4.78 is 0. The van der Waals surface area contributed by atoms with E-state index in [1.165, 1.54) is 38.6 Å². The molecule has 1 heteroatoms. The molecule has 120 valence electrons. The third-order valence-electron chi connectivity index (χ3n) is 4.82. The molecule has 0 saturated heterocycles. The second-order valence-corrected chi connectivity index (χ2v) is 7.61. The highest BCUT2D eigenvalue weighted by Crippen LogP contribution is 2.37. The normalized spacial score (nSPS) is 15.4. The van der Waals surface area contributed by atoms with E-state index in [0.717, 1.165) is 13.0 Å². The fraction of sp³-hybridized carbons (Fsp3) is 0.364. The van der Waals surface area contributed by atoms with Crippen molar-refractivity contribution in [2.24, 2.45) is 0 Å². The van der Waals surface area contributed by atoms with Gasteiger partial charge < -0.3 is 5.32 Å². The largest absolute Gasteiger partial charge is 0.308 e. The van der Waals surface area contributed by atoms with E-state index in [4.69, 9.17) is 0 Å². The zero-order chi connectivity index (χ0) is 16.6. The molecule has 0 spiro atoms. The first-order chi connectivity index (χ1) is 10.9. The minimum Gasteiger partial charge on any atom is -0.308 e. The van der Waals surface area contributed by atoms with Crippen LogP contribution in [0, 0.1) is 0 Å². The van der Waals surface area contributed by atoms with Crippen LogP contribution in [0.4, 0.5) is 0 Å². The van der Waals surface area contributed by atoms with Gasteiger partial charge in [0.05, 0.1) is 0 Å². The molecule has 23 heavy (non-hydrogen) atoms. The maximum Gasteiger partial charge on any atom is 0.0222 e. The van der Waals surface area contributed by atoms with Gasteiger partial charge in [0.15, 0.2) is 0 Å². The molecule has 0 aliphatic heterocycles. The van der Waals surface area contributed by atoms with Crippen molar-refractivity contribution in [2.45, 2.75) is 53.1 Å². The first-order valence-corrected chi connectivity index (χ1v) is 8.50. The molecule has 0 saturated carbocycles. The van der Waals surface area contributed by atoms with Gasteiger partial charge in [-0.3, -0.25) is 0 Å². The van der Waals surface area contributed by atoms with E-state index < -0.39 is 0 Å². The number of allylic oxidation sites excluding steroid dienone is 4. The standard InChI is InChI=1S/C22H27N/c1-15-10-12-18(16(15)2)20-13-11-17-8-6-7-9-19(17)21(20)14-23-22(3,4)5/h6-11,13,23H,12,14H2,1-5H3. The zero-order valence-electron chi connectivity index (χ0n) is 15.0. The van der Waals surface area contributed by atoms with Crippen LogP contribution in [0.5, 0.6) is 0 Å². The van der Waals surface area contributed by atoms with Crippen LogP contribution in [0.3, 0.4) is 0 Å². The van der Waals surface area contributed by atoms with Gasteiger partial charge >= 0.3 is 0 Å². The Hall–Kier alpha value is -1.86. The lowest BCUT2D eigenvalue weighted by molar-refractivity contribution is 0.425. The number of nitrogens with one attached hydrogen (secondary N) is 1. The van der Waals surface area contributed by atoms with Gasteiger partial charge in [0.25, 0.3) is 0 Å². The molecular formula is C22H27N. The molecule has 0 bridgehead atoms. The van der Waals surface area contributed by atoms with Gasteiger partial charge in [-0.25, -0.2) is 0 Å². The van der Waals surface area contributed by atoms with Crippen molar-refractivity contribution in [3.63, 3.8) is 0 Å². The topological polar surface area (TPSA) is 12.0 Å². The van der Waals surface area contributed by atoms with E-state index in [1.807, 2.05) is 0 Å². The molecule has 0 fully saturated rings. The number of hydrogen-bond acceptors (Lipinski definition) is 1. The van der Waals surface area contributed by atoms with Crippen LogP contribution in [0.2, 0.25) is 0 Å². The molecule has 2 aromatic rings. The Morgan fingerprint density at radius 1 is 1.00 bits per heavy atom. The molecule has 3 rings (SSSR count). The molecule has 1 aliphatic carbocycles. The molecule has 0 heterocycles. The van der Waals surface area contributed by atoms with Crippen LogP contribution in [0.25, 0.3) is 16.3 Å². The summed E-state index contributed by atoms with van der Waals surface area (Å²) in [6, 6.07) is 13.3. The van der Waals surface area contributed by atoms with Crippen LogP contribution in [-0.2, 0) is 6.54 Å².